The van der Waals surface area contributed by atoms with Gasteiger partial charge in [-0.3, -0.25) is 0 Å². The third kappa shape index (κ3) is 4.40. The van der Waals surface area contributed by atoms with E-state index in [-0.39, 0.29) is 6.10 Å². The minimum Gasteiger partial charge on any atom is -0.393 e. The van der Waals surface area contributed by atoms with Gasteiger partial charge in [-0.15, -0.1) is 0 Å². The molecule has 0 aliphatic carbocycles. The van der Waals surface area contributed by atoms with E-state index in [1.165, 1.54) is 25.8 Å². The second-order valence-corrected chi connectivity index (χ2v) is 4.54. The highest BCUT2D eigenvalue weighted by molar-refractivity contribution is 4.72. The number of aliphatic hydroxyl groups excluding tert-OH is 1. The molecule has 3 heteroatoms. The SMILES string of the molecule is CC(O)CCN1CCCCC(CN)C1. The summed E-state index contributed by atoms with van der Waals surface area (Å²) in [5.74, 6) is 0.673. The molecule has 14 heavy (non-hydrogen) atoms. The molecule has 1 saturated heterocycles. The summed E-state index contributed by atoms with van der Waals surface area (Å²) in [4.78, 5) is 2.46. The van der Waals surface area contributed by atoms with Crippen molar-refractivity contribution in [2.24, 2.45) is 11.7 Å². The molecule has 3 nitrogen and oxygen atoms in total. The smallest absolute Gasteiger partial charge is 0.0524 e. The minimum atomic E-state index is -0.172. The van der Waals surface area contributed by atoms with Gasteiger partial charge in [0.2, 0.25) is 0 Å². The van der Waals surface area contributed by atoms with Gasteiger partial charge in [0.25, 0.3) is 0 Å². The molecule has 2 atom stereocenters. The molecule has 1 aliphatic rings. The van der Waals surface area contributed by atoms with Crippen LogP contribution in [0.1, 0.15) is 32.6 Å². The zero-order valence-corrected chi connectivity index (χ0v) is 9.28. The quantitative estimate of drug-likeness (QED) is 0.706. The van der Waals surface area contributed by atoms with E-state index in [1.807, 2.05) is 6.92 Å². The van der Waals surface area contributed by atoms with Crippen molar-refractivity contribution >= 4 is 0 Å². The van der Waals surface area contributed by atoms with Crippen LogP contribution in [0.25, 0.3) is 0 Å². The zero-order valence-electron chi connectivity index (χ0n) is 9.28. The molecule has 0 bridgehead atoms. The Bertz CT molecular complexity index is 150. The monoisotopic (exact) mass is 200 g/mol. The molecule has 1 fully saturated rings. The Hall–Kier alpha value is -0.120. The van der Waals surface area contributed by atoms with E-state index in [4.69, 9.17) is 5.73 Å². The Labute approximate surface area is 87.3 Å². The first kappa shape index (κ1) is 12.0. The third-order valence-corrected chi connectivity index (χ3v) is 3.05. The van der Waals surface area contributed by atoms with Crippen LogP contribution in [-0.2, 0) is 0 Å². The molecule has 1 rings (SSSR count). The summed E-state index contributed by atoms with van der Waals surface area (Å²) >= 11 is 0. The molecule has 3 N–H and O–H groups in total. The van der Waals surface area contributed by atoms with Crippen LogP contribution in [0.2, 0.25) is 0 Å². The van der Waals surface area contributed by atoms with Crippen LogP contribution in [0.15, 0.2) is 0 Å². The van der Waals surface area contributed by atoms with Crippen LogP contribution < -0.4 is 5.73 Å². The van der Waals surface area contributed by atoms with Crippen molar-refractivity contribution in [3.8, 4) is 0 Å². The molecular formula is C11H24N2O. The maximum Gasteiger partial charge on any atom is 0.0524 e. The Balaban J connectivity index is 2.27. The summed E-state index contributed by atoms with van der Waals surface area (Å²) in [5.41, 5.74) is 5.71. The van der Waals surface area contributed by atoms with Gasteiger partial charge in [0.1, 0.15) is 0 Å². The molecule has 0 spiro atoms. The van der Waals surface area contributed by atoms with Crippen LogP contribution in [0.3, 0.4) is 0 Å². The maximum absolute atomic E-state index is 9.23. The van der Waals surface area contributed by atoms with Gasteiger partial charge in [-0.2, -0.15) is 0 Å². The first-order valence-electron chi connectivity index (χ1n) is 5.83. The number of hydrogen-bond donors (Lipinski definition) is 2. The lowest BCUT2D eigenvalue weighted by Gasteiger charge is -2.23. The van der Waals surface area contributed by atoms with Gasteiger partial charge in [0.15, 0.2) is 0 Å². The predicted octanol–water partition coefficient (Wildman–Crippen LogP) is 0.818. The second kappa shape index (κ2) is 6.38. The maximum atomic E-state index is 9.23. The second-order valence-electron chi connectivity index (χ2n) is 4.54. The number of likely N-dealkylation sites (tertiary alicyclic amines) is 1. The lowest BCUT2D eigenvalue weighted by molar-refractivity contribution is 0.152. The molecule has 1 heterocycles. The van der Waals surface area contributed by atoms with Gasteiger partial charge in [0, 0.05) is 13.1 Å². The summed E-state index contributed by atoms with van der Waals surface area (Å²) in [7, 11) is 0. The molecule has 0 radical (unpaired) electrons. The number of nitrogens with two attached hydrogens (primary N) is 1. The van der Waals surface area contributed by atoms with Crippen molar-refractivity contribution < 1.29 is 5.11 Å². The van der Waals surface area contributed by atoms with E-state index in [9.17, 15) is 5.11 Å². The first-order chi connectivity index (χ1) is 6.72. The molecule has 0 aromatic carbocycles. The normalized spacial score (nSPS) is 27.2. The van der Waals surface area contributed by atoms with Crippen molar-refractivity contribution in [1.29, 1.82) is 0 Å². The molecule has 0 saturated carbocycles. The van der Waals surface area contributed by atoms with Crippen LogP contribution in [-0.4, -0.2) is 42.3 Å². The molecule has 0 aromatic rings. The largest absolute Gasteiger partial charge is 0.393 e. The lowest BCUT2D eigenvalue weighted by Crippen LogP contribution is -2.33. The first-order valence-corrected chi connectivity index (χ1v) is 5.83. The van der Waals surface area contributed by atoms with E-state index < -0.39 is 0 Å². The fourth-order valence-electron chi connectivity index (χ4n) is 2.08. The molecule has 2 unspecified atom stereocenters. The van der Waals surface area contributed by atoms with Gasteiger partial charge in [-0.25, -0.2) is 0 Å². The number of aliphatic hydroxyl groups is 1. The van der Waals surface area contributed by atoms with Gasteiger partial charge < -0.3 is 15.7 Å². The van der Waals surface area contributed by atoms with Gasteiger partial charge in [-0.05, 0) is 45.2 Å². The third-order valence-electron chi connectivity index (χ3n) is 3.05. The number of rotatable bonds is 4. The molecule has 0 amide bonds. The minimum absolute atomic E-state index is 0.172. The Morgan fingerprint density at radius 3 is 2.93 bits per heavy atom. The van der Waals surface area contributed by atoms with E-state index in [2.05, 4.69) is 4.90 Å². The Morgan fingerprint density at radius 2 is 2.29 bits per heavy atom. The van der Waals surface area contributed by atoms with Gasteiger partial charge in [0.05, 0.1) is 6.10 Å². The van der Waals surface area contributed by atoms with Crippen LogP contribution >= 0.6 is 0 Å². The number of nitrogens with zero attached hydrogens (tertiary/aromatic N) is 1. The fraction of sp³-hybridized carbons (Fsp3) is 1.00. The van der Waals surface area contributed by atoms with Crippen LogP contribution in [0.5, 0.6) is 0 Å². The lowest BCUT2D eigenvalue weighted by atomic mass is 10.0. The molecule has 0 aromatic heterocycles. The number of hydrogen-bond acceptors (Lipinski definition) is 3. The van der Waals surface area contributed by atoms with Gasteiger partial charge in [-0.1, -0.05) is 6.42 Å². The van der Waals surface area contributed by atoms with E-state index in [0.29, 0.717) is 5.92 Å². The van der Waals surface area contributed by atoms with E-state index >= 15 is 0 Å². The molecule has 84 valence electrons. The van der Waals surface area contributed by atoms with Crippen molar-refractivity contribution in [1.82, 2.24) is 4.90 Å². The van der Waals surface area contributed by atoms with Crippen molar-refractivity contribution in [2.45, 2.75) is 38.7 Å². The fourth-order valence-corrected chi connectivity index (χ4v) is 2.08. The average Bonchev–Trinajstić information content (AvgIpc) is 2.39. The summed E-state index contributed by atoms with van der Waals surface area (Å²) < 4.78 is 0. The Kier molecular flexibility index (Phi) is 5.45. The molecule has 1 aliphatic heterocycles. The van der Waals surface area contributed by atoms with Crippen molar-refractivity contribution in [2.75, 3.05) is 26.2 Å². The van der Waals surface area contributed by atoms with Gasteiger partial charge >= 0.3 is 0 Å². The topological polar surface area (TPSA) is 49.5 Å². The van der Waals surface area contributed by atoms with E-state index in [0.717, 1.165) is 26.1 Å². The standard InChI is InChI=1S/C11H24N2O/c1-10(14)5-7-13-6-3-2-4-11(8-12)9-13/h10-11,14H,2-9,12H2,1H3. The van der Waals surface area contributed by atoms with Crippen molar-refractivity contribution in [3.05, 3.63) is 0 Å². The Morgan fingerprint density at radius 1 is 1.50 bits per heavy atom. The summed E-state index contributed by atoms with van der Waals surface area (Å²) in [6.07, 6.45) is 4.59. The highest BCUT2D eigenvalue weighted by Crippen LogP contribution is 2.15. The summed E-state index contributed by atoms with van der Waals surface area (Å²) in [6.45, 7) is 6.00. The van der Waals surface area contributed by atoms with E-state index in [1.54, 1.807) is 0 Å². The highest BCUT2D eigenvalue weighted by atomic mass is 16.3. The molecular weight excluding hydrogens is 176 g/mol. The zero-order chi connectivity index (χ0) is 10.4. The highest BCUT2D eigenvalue weighted by Gasteiger charge is 2.16. The van der Waals surface area contributed by atoms with Crippen LogP contribution in [0.4, 0.5) is 0 Å². The summed E-state index contributed by atoms with van der Waals surface area (Å²) in [6, 6.07) is 0. The van der Waals surface area contributed by atoms with Crippen LogP contribution in [0, 0.1) is 5.92 Å². The van der Waals surface area contributed by atoms with Crippen molar-refractivity contribution in [3.63, 3.8) is 0 Å². The average molecular weight is 200 g/mol. The summed E-state index contributed by atoms with van der Waals surface area (Å²) in [5, 5.41) is 9.23. The predicted molar refractivity (Wildman–Crippen MR) is 59.1 cm³/mol.